The lowest BCUT2D eigenvalue weighted by atomic mass is 10.2. The highest BCUT2D eigenvalue weighted by atomic mass is 32.2. The third kappa shape index (κ3) is 5.29. The zero-order chi connectivity index (χ0) is 17.6. The summed E-state index contributed by atoms with van der Waals surface area (Å²) in [5.41, 5.74) is 2.16. The molecule has 2 heterocycles. The SMILES string of the molecule is Cc1cccc(Nc2nnc(S[C@H](C)C(=O)NCc3cccs3)s2)c1. The van der Waals surface area contributed by atoms with E-state index in [0.29, 0.717) is 6.54 Å². The smallest absolute Gasteiger partial charge is 0.233 e. The second-order valence-corrected chi connectivity index (χ2v) is 9.02. The number of thiophene rings is 1. The molecule has 3 aromatic rings. The second-order valence-electron chi connectivity index (χ2n) is 5.42. The van der Waals surface area contributed by atoms with Gasteiger partial charge in [-0.1, -0.05) is 41.3 Å². The zero-order valence-corrected chi connectivity index (χ0v) is 16.3. The van der Waals surface area contributed by atoms with Crippen LogP contribution in [-0.4, -0.2) is 21.4 Å². The summed E-state index contributed by atoms with van der Waals surface area (Å²) in [4.78, 5) is 13.3. The van der Waals surface area contributed by atoms with Crippen molar-refractivity contribution in [3.05, 3.63) is 52.2 Å². The number of nitrogens with one attached hydrogen (secondary N) is 2. The van der Waals surface area contributed by atoms with E-state index in [4.69, 9.17) is 0 Å². The zero-order valence-electron chi connectivity index (χ0n) is 13.9. The Morgan fingerprint density at radius 1 is 1.28 bits per heavy atom. The van der Waals surface area contributed by atoms with Gasteiger partial charge in [-0.25, -0.2) is 0 Å². The molecular formula is C17H18N4OS3. The molecule has 0 unspecified atom stereocenters. The van der Waals surface area contributed by atoms with Crippen LogP contribution in [-0.2, 0) is 11.3 Å². The number of aromatic nitrogens is 2. The van der Waals surface area contributed by atoms with Gasteiger partial charge in [-0.05, 0) is 43.0 Å². The Morgan fingerprint density at radius 3 is 2.92 bits per heavy atom. The number of carbonyl (C=O) groups excluding carboxylic acids is 1. The van der Waals surface area contributed by atoms with E-state index in [1.807, 2.05) is 49.6 Å². The van der Waals surface area contributed by atoms with Gasteiger partial charge in [0.2, 0.25) is 11.0 Å². The molecule has 0 spiro atoms. The molecule has 3 rings (SSSR count). The number of amides is 1. The predicted molar refractivity (Wildman–Crippen MR) is 106 cm³/mol. The van der Waals surface area contributed by atoms with Crippen LogP contribution in [0.5, 0.6) is 0 Å². The van der Waals surface area contributed by atoms with Crippen LogP contribution in [0, 0.1) is 6.92 Å². The number of aryl methyl sites for hydroxylation is 1. The molecule has 25 heavy (non-hydrogen) atoms. The van der Waals surface area contributed by atoms with E-state index in [1.165, 1.54) is 28.7 Å². The van der Waals surface area contributed by atoms with Gasteiger partial charge < -0.3 is 10.6 Å². The summed E-state index contributed by atoms with van der Waals surface area (Å²) in [7, 11) is 0. The highest BCUT2D eigenvalue weighted by Crippen LogP contribution is 2.30. The molecule has 0 aliphatic rings. The molecule has 0 bridgehead atoms. The Labute approximate surface area is 158 Å². The largest absolute Gasteiger partial charge is 0.350 e. The predicted octanol–water partition coefficient (Wildman–Crippen LogP) is 4.45. The average Bonchev–Trinajstić information content (AvgIpc) is 3.24. The van der Waals surface area contributed by atoms with Gasteiger partial charge >= 0.3 is 0 Å². The van der Waals surface area contributed by atoms with Crippen molar-refractivity contribution in [2.75, 3.05) is 5.32 Å². The maximum atomic E-state index is 12.2. The Bertz CT molecular complexity index is 832. The number of nitrogens with zero attached hydrogens (tertiary/aromatic N) is 2. The number of hydrogen-bond donors (Lipinski definition) is 2. The van der Waals surface area contributed by atoms with E-state index in [1.54, 1.807) is 11.3 Å². The molecule has 0 radical (unpaired) electrons. The molecule has 8 heteroatoms. The van der Waals surface area contributed by atoms with Crippen molar-refractivity contribution in [2.45, 2.75) is 30.0 Å². The van der Waals surface area contributed by atoms with E-state index in [2.05, 4.69) is 26.9 Å². The Hall–Kier alpha value is -1.90. The minimum atomic E-state index is -0.222. The van der Waals surface area contributed by atoms with Crippen molar-refractivity contribution in [3.8, 4) is 0 Å². The van der Waals surface area contributed by atoms with Crippen LogP contribution in [0.1, 0.15) is 17.4 Å². The summed E-state index contributed by atoms with van der Waals surface area (Å²) in [6.45, 7) is 4.49. The summed E-state index contributed by atoms with van der Waals surface area (Å²) in [6.07, 6.45) is 0. The fourth-order valence-electron chi connectivity index (χ4n) is 2.09. The summed E-state index contributed by atoms with van der Waals surface area (Å²) in [6, 6.07) is 12.1. The summed E-state index contributed by atoms with van der Waals surface area (Å²) < 4.78 is 0.772. The van der Waals surface area contributed by atoms with Crippen LogP contribution in [0.25, 0.3) is 0 Å². The van der Waals surface area contributed by atoms with E-state index in [0.717, 1.165) is 20.0 Å². The topological polar surface area (TPSA) is 66.9 Å². The number of thioether (sulfide) groups is 1. The lowest BCUT2D eigenvalue weighted by Gasteiger charge is -2.09. The molecule has 0 saturated heterocycles. The Balaban J connectivity index is 1.52. The van der Waals surface area contributed by atoms with Gasteiger partial charge in [0.25, 0.3) is 0 Å². The monoisotopic (exact) mass is 390 g/mol. The maximum Gasteiger partial charge on any atom is 0.233 e. The number of anilines is 2. The quantitative estimate of drug-likeness (QED) is 0.584. The summed E-state index contributed by atoms with van der Waals surface area (Å²) in [5, 5.41) is 17.0. The van der Waals surface area contributed by atoms with E-state index < -0.39 is 0 Å². The van der Waals surface area contributed by atoms with Crippen LogP contribution in [0.4, 0.5) is 10.8 Å². The average molecular weight is 391 g/mol. The molecule has 1 amide bonds. The molecule has 130 valence electrons. The normalized spacial score (nSPS) is 11.9. The third-order valence-corrected chi connectivity index (χ3v) is 6.24. The molecule has 1 atom stereocenters. The third-order valence-electron chi connectivity index (χ3n) is 3.34. The maximum absolute atomic E-state index is 12.2. The van der Waals surface area contributed by atoms with Crippen molar-refractivity contribution >= 4 is 51.2 Å². The molecule has 5 nitrogen and oxygen atoms in total. The highest BCUT2D eigenvalue weighted by Gasteiger charge is 2.17. The van der Waals surface area contributed by atoms with Crippen molar-refractivity contribution in [1.82, 2.24) is 15.5 Å². The number of benzene rings is 1. The summed E-state index contributed by atoms with van der Waals surface area (Å²) in [5.74, 6) is 0.00166. The molecule has 2 aromatic heterocycles. The Kier molecular flexibility index (Phi) is 6.06. The van der Waals surface area contributed by atoms with Gasteiger partial charge in [-0.2, -0.15) is 0 Å². The van der Waals surface area contributed by atoms with Crippen LogP contribution in [0.3, 0.4) is 0 Å². The minimum absolute atomic E-state index is 0.00166. The standard InChI is InChI=1S/C17H18N4OS3/c1-11-5-3-6-13(9-11)19-16-20-21-17(25-16)24-12(2)15(22)18-10-14-7-4-8-23-14/h3-9,12H,10H2,1-2H3,(H,18,22)(H,19,20)/t12-/m1/s1. The lowest BCUT2D eigenvalue weighted by molar-refractivity contribution is -0.120. The second kappa shape index (κ2) is 8.46. The summed E-state index contributed by atoms with van der Waals surface area (Å²) >= 11 is 4.50. The van der Waals surface area contributed by atoms with Crippen molar-refractivity contribution in [1.29, 1.82) is 0 Å². The number of rotatable bonds is 7. The van der Waals surface area contributed by atoms with Crippen LogP contribution >= 0.6 is 34.4 Å². The van der Waals surface area contributed by atoms with Crippen molar-refractivity contribution < 1.29 is 4.79 Å². The van der Waals surface area contributed by atoms with Gasteiger partial charge in [0.05, 0.1) is 11.8 Å². The van der Waals surface area contributed by atoms with Crippen molar-refractivity contribution in [2.24, 2.45) is 0 Å². The first-order valence-electron chi connectivity index (χ1n) is 7.74. The van der Waals surface area contributed by atoms with Gasteiger partial charge in [0.1, 0.15) is 0 Å². The first-order valence-corrected chi connectivity index (χ1v) is 10.3. The molecular weight excluding hydrogens is 372 g/mol. The first kappa shape index (κ1) is 17.9. The van der Waals surface area contributed by atoms with Gasteiger partial charge in [-0.15, -0.1) is 21.5 Å². The number of carbonyl (C=O) groups is 1. The fourth-order valence-corrected chi connectivity index (χ4v) is 4.68. The molecule has 0 aliphatic carbocycles. The fraction of sp³-hybridized carbons (Fsp3) is 0.235. The van der Waals surface area contributed by atoms with Crippen LogP contribution < -0.4 is 10.6 Å². The van der Waals surface area contributed by atoms with Crippen molar-refractivity contribution in [3.63, 3.8) is 0 Å². The minimum Gasteiger partial charge on any atom is -0.350 e. The highest BCUT2D eigenvalue weighted by molar-refractivity contribution is 8.02. The Morgan fingerprint density at radius 2 is 2.16 bits per heavy atom. The van der Waals surface area contributed by atoms with Gasteiger partial charge in [0, 0.05) is 10.6 Å². The van der Waals surface area contributed by atoms with E-state index >= 15 is 0 Å². The van der Waals surface area contributed by atoms with E-state index in [9.17, 15) is 4.79 Å². The molecule has 0 aliphatic heterocycles. The van der Waals surface area contributed by atoms with E-state index in [-0.39, 0.29) is 11.2 Å². The first-order chi connectivity index (χ1) is 12.1. The van der Waals surface area contributed by atoms with Crippen LogP contribution in [0.15, 0.2) is 46.1 Å². The molecule has 1 aromatic carbocycles. The molecule has 0 saturated carbocycles. The van der Waals surface area contributed by atoms with Crippen LogP contribution in [0.2, 0.25) is 0 Å². The molecule has 0 fully saturated rings. The van der Waals surface area contributed by atoms with Gasteiger partial charge in [0.15, 0.2) is 4.34 Å². The number of hydrogen-bond acceptors (Lipinski definition) is 7. The van der Waals surface area contributed by atoms with Gasteiger partial charge in [-0.3, -0.25) is 4.79 Å². The molecule has 2 N–H and O–H groups in total. The lowest BCUT2D eigenvalue weighted by Crippen LogP contribution is -2.30.